The molecule has 24 heavy (non-hydrogen) atoms. The summed E-state index contributed by atoms with van der Waals surface area (Å²) in [6, 6.07) is 3.86. The maximum Gasteiger partial charge on any atom is 0.169 e. The van der Waals surface area contributed by atoms with Crippen molar-refractivity contribution < 1.29 is 19.3 Å². The van der Waals surface area contributed by atoms with Crippen LogP contribution in [0.4, 0.5) is 0 Å². The highest BCUT2D eigenvalue weighted by atomic mass is 16.6. The third-order valence-electron chi connectivity index (χ3n) is 6.21. The van der Waals surface area contributed by atoms with E-state index in [1.165, 1.54) is 5.57 Å². The third kappa shape index (κ3) is 1.40. The molecule has 126 valence electrons. The van der Waals surface area contributed by atoms with Gasteiger partial charge in [0.2, 0.25) is 0 Å². The number of methoxy groups -OCH3 is 2. The van der Waals surface area contributed by atoms with Gasteiger partial charge < -0.3 is 19.3 Å². The molecule has 1 spiro atoms. The van der Waals surface area contributed by atoms with Crippen LogP contribution in [0.2, 0.25) is 0 Å². The van der Waals surface area contributed by atoms with Crippen LogP contribution in [0.25, 0.3) is 0 Å². The van der Waals surface area contributed by atoms with Crippen molar-refractivity contribution >= 4 is 0 Å². The van der Waals surface area contributed by atoms with Gasteiger partial charge in [0, 0.05) is 5.56 Å². The second-order valence-electron chi connectivity index (χ2n) is 7.05. The third-order valence-corrected chi connectivity index (χ3v) is 6.21. The number of rotatable bonds is 2. The zero-order chi connectivity index (χ0) is 16.6. The molecule has 5 nitrogen and oxygen atoms in total. The summed E-state index contributed by atoms with van der Waals surface area (Å²) >= 11 is 0. The predicted molar refractivity (Wildman–Crippen MR) is 88.3 cm³/mol. The van der Waals surface area contributed by atoms with Crippen LogP contribution in [0.1, 0.15) is 23.7 Å². The van der Waals surface area contributed by atoms with Crippen molar-refractivity contribution in [1.82, 2.24) is 4.90 Å². The minimum absolute atomic E-state index is 0.0219. The van der Waals surface area contributed by atoms with Crippen molar-refractivity contribution in [3.8, 4) is 11.5 Å². The highest BCUT2D eigenvalue weighted by Gasteiger charge is 2.63. The zero-order valence-electron chi connectivity index (χ0n) is 14.1. The summed E-state index contributed by atoms with van der Waals surface area (Å²) in [6.45, 7) is 0.909. The second kappa shape index (κ2) is 4.55. The number of allylic oxidation sites excluding steroid dienone is 2. The Bertz CT molecular complexity index is 799. The topological polar surface area (TPSA) is 51.2 Å². The van der Waals surface area contributed by atoms with E-state index in [1.54, 1.807) is 14.2 Å². The molecule has 2 heterocycles. The monoisotopic (exact) mass is 327 g/mol. The molecule has 0 amide bonds. The van der Waals surface area contributed by atoms with Crippen LogP contribution in [0.15, 0.2) is 35.6 Å². The molecule has 2 aliphatic carbocycles. The van der Waals surface area contributed by atoms with E-state index < -0.39 is 6.10 Å². The van der Waals surface area contributed by atoms with Gasteiger partial charge in [0.05, 0.1) is 31.8 Å². The molecule has 5 rings (SSSR count). The van der Waals surface area contributed by atoms with Crippen LogP contribution < -0.4 is 9.47 Å². The number of nitrogens with zero attached hydrogens (tertiary/aromatic N) is 1. The Morgan fingerprint density at radius 3 is 2.83 bits per heavy atom. The first kappa shape index (κ1) is 14.4. The molecule has 2 bridgehead atoms. The Kier molecular flexibility index (Phi) is 2.73. The molecule has 1 N–H and O–H groups in total. The van der Waals surface area contributed by atoms with Gasteiger partial charge in [-0.25, -0.2) is 0 Å². The van der Waals surface area contributed by atoms with Gasteiger partial charge in [0.1, 0.15) is 5.76 Å². The number of aliphatic hydroxyl groups is 1. The van der Waals surface area contributed by atoms with Crippen LogP contribution in [0.3, 0.4) is 0 Å². The van der Waals surface area contributed by atoms with Crippen LogP contribution in [0, 0.1) is 0 Å². The smallest absolute Gasteiger partial charge is 0.169 e. The Morgan fingerprint density at radius 1 is 1.25 bits per heavy atom. The van der Waals surface area contributed by atoms with E-state index in [2.05, 4.69) is 18.0 Å². The van der Waals surface area contributed by atoms with Gasteiger partial charge in [-0.05, 0) is 43.3 Å². The van der Waals surface area contributed by atoms with E-state index in [4.69, 9.17) is 14.2 Å². The van der Waals surface area contributed by atoms with Gasteiger partial charge in [0.15, 0.2) is 17.6 Å². The van der Waals surface area contributed by atoms with Crippen molar-refractivity contribution in [2.45, 2.75) is 30.1 Å². The molecule has 1 saturated heterocycles. The maximum absolute atomic E-state index is 11.1. The first-order valence-corrected chi connectivity index (χ1v) is 8.36. The summed E-state index contributed by atoms with van der Waals surface area (Å²) in [7, 11) is 5.43. The van der Waals surface area contributed by atoms with Crippen LogP contribution >= 0.6 is 0 Å². The van der Waals surface area contributed by atoms with E-state index in [1.807, 2.05) is 18.2 Å². The Hall–Kier alpha value is -1.98. The van der Waals surface area contributed by atoms with Gasteiger partial charge >= 0.3 is 0 Å². The maximum atomic E-state index is 11.1. The fourth-order valence-corrected chi connectivity index (χ4v) is 5.17. The highest BCUT2D eigenvalue weighted by molar-refractivity contribution is 5.68. The van der Waals surface area contributed by atoms with Gasteiger partial charge in [-0.2, -0.15) is 0 Å². The number of likely N-dealkylation sites (N-methyl/N-ethyl adjacent to an activating group) is 1. The molecular weight excluding hydrogens is 306 g/mol. The highest BCUT2D eigenvalue weighted by Crippen LogP contribution is 2.64. The number of likely N-dealkylation sites (tertiary alicyclic amines) is 1. The van der Waals surface area contributed by atoms with Gasteiger partial charge in [-0.1, -0.05) is 12.1 Å². The number of aliphatic hydroxyl groups excluding tert-OH is 1. The average molecular weight is 327 g/mol. The number of benzene rings is 1. The molecule has 4 aliphatic rings. The largest absolute Gasteiger partial charge is 0.497 e. The molecule has 0 aromatic heterocycles. The minimum atomic E-state index is -0.561. The van der Waals surface area contributed by atoms with E-state index in [0.717, 1.165) is 41.4 Å². The van der Waals surface area contributed by atoms with Crippen molar-refractivity contribution in [2.75, 3.05) is 27.8 Å². The lowest BCUT2D eigenvalue weighted by Gasteiger charge is -2.54. The Balaban J connectivity index is 1.87. The summed E-state index contributed by atoms with van der Waals surface area (Å²) in [5.74, 6) is 2.32. The second-order valence-corrected chi connectivity index (χ2v) is 7.05. The van der Waals surface area contributed by atoms with E-state index in [-0.39, 0.29) is 17.6 Å². The molecule has 0 saturated carbocycles. The standard InChI is InChI=1S/C19H21NO4/c1-20-9-8-19-11-5-7-13(23-3)18(19)24-17-12(22-2)6-4-10(14(17)19)16(21)15(11)20/h4-7,15-16,18,21H,8-9H2,1-3H3/t15-,16?,18-,19-/m0/s1. The molecule has 1 aromatic carbocycles. The molecule has 1 aromatic rings. The summed E-state index contributed by atoms with van der Waals surface area (Å²) in [6.07, 6.45) is 4.31. The van der Waals surface area contributed by atoms with Crippen molar-refractivity contribution in [2.24, 2.45) is 0 Å². The van der Waals surface area contributed by atoms with Crippen molar-refractivity contribution in [3.63, 3.8) is 0 Å². The van der Waals surface area contributed by atoms with E-state index in [0.29, 0.717) is 0 Å². The van der Waals surface area contributed by atoms with Crippen LogP contribution in [-0.4, -0.2) is 50.0 Å². The van der Waals surface area contributed by atoms with E-state index >= 15 is 0 Å². The lowest BCUT2D eigenvalue weighted by Crippen LogP contribution is -2.59. The first-order chi connectivity index (χ1) is 11.6. The molecule has 1 fully saturated rings. The Morgan fingerprint density at radius 2 is 2.08 bits per heavy atom. The van der Waals surface area contributed by atoms with Gasteiger partial charge in [-0.3, -0.25) is 4.90 Å². The quantitative estimate of drug-likeness (QED) is 0.899. The zero-order valence-corrected chi connectivity index (χ0v) is 14.1. The van der Waals surface area contributed by atoms with Crippen LogP contribution in [-0.2, 0) is 10.2 Å². The molecule has 1 unspecified atom stereocenters. The van der Waals surface area contributed by atoms with E-state index in [9.17, 15) is 5.11 Å². The molecule has 4 atom stereocenters. The van der Waals surface area contributed by atoms with Crippen LogP contribution in [0.5, 0.6) is 11.5 Å². The lowest BCUT2D eigenvalue weighted by molar-refractivity contribution is 0.0150. The fraction of sp³-hybridized carbons (Fsp3) is 0.474. The minimum Gasteiger partial charge on any atom is -0.497 e. The number of piperidine rings is 1. The summed E-state index contributed by atoms with van der Waals surface area (Å²) in [5.41, 5.74) is 3.03. The number of hydrogen-bond acceptors (Lipinski definition) is 5. The molecule has 2 aliphatic heterocycles. The number of ether oxygens (including phenoxy) is 3. The predicted octanol–water partition coefficient (Wildman–Crippen LogP) is 1.92. The normalized spacial score (nSPS) is 35.6. The first-order valence-electron chi connectivity index (χ1n) is 8.36. The van der Waals surface area contributed by atoms with Crippen molar-refractivity contribution in [1.29, 1.82) is 0 Å². The SMILES string of the molecule is COC1=CC=C2[C@H]3C(O)c4ccc(OC)c5c4[C@@]2(CCN3C)[C@H]1O5. The molecular formula is C19H21NO4. The molecule has 0 radical (unpaired) electrons. The Labute approximate surface area is 141 Å². The van der Waals surface area contributed by atoms with Gasteiger partial charge in [-0.15, -0.1) is 0 Å². The summed E-state index contributed by atoms with van der Waals surface area (Å²) < 4.78 is 17.6. The summed E-state index contributed by atoms with van der Waals surface area (Å²) in [4.78, 5) is 2.25. The molecule has 5 heteroatoms. The fourth-order valence-electron chi connectivity index (χ4n) is 5.17. The number of hydrogen-bond donors (Lipinski definition) is 1. The summed E-state index contributed by atoms with van der Waals surface area (Å²) in [5, 5.41) is 11.1. The lowest BCUT2D eigenvalue weighted by atomic mass is 9.56. The van der Waals surface area contributed by atoms with Crippen molar-refractivity contribution in [3.05, 3.63) is 46.7 Å². The van der Waals surface area contributed by atoms with Gasteiger partial charge in [0.25, 0.3) is 0 Å². The average Bonchev–Trinajstić information content (AvgIpc) is 2.94.